The van der Waals surface area contributed by atoms with Crippen molar-refractivity contribution in [1.82, 2.24) is 0 Å². The number of unbranched alkanes of at least 4 members (excludes halogenated alkanes) is 19. The van der Waals surface area contributed by atoms with Gasteiger partial charge in [-0.05, 0) is 73.7 Å². The molecule has 0 aliphatic heterocycles. The van der Waals surface area contributed by atoms with Crippen LogP contribution in [0.5, 0.6) is 0 Å². The van der Waals surface area contributed by atoms with Gasteiger partial charge in [0.25, 0.3) is 0 Å². The third-order valence-electron chi connectivity index (χ3n) is 13.2. The third kappa shape index (κ3) is 18.0. The first kappa shape index (κ1) is 44.6. The summed E-state index contributed by atoms with van der Waals surface area (Å²) in [5.41, 5.74) is 0. The molecule has 3 aliphatic carbocycles. The molecule has 296 valence electrons. The van der Waals surface area contributed by atoms with E-state index >= 15 is 0 Å². The zero-order valence-corrected chi connectivity index (χ0v) is 34.0. The number of rotatable bonds is 31. The number of hydrogen-bond acceptors (Lipinski definition) is 4. The fourth-order valence-corrected chi connectivity index (χ4v) is 9.91. The number of ketones is 4. The SMILES string of the molecule is CCCCCCCCC1CC(CCCCCCCCC2CC(=O)C=CC2=O)[C@H](CCCCCCCCC2C(=O)C=CC2=O)CC1CCCCCCC. The van der Waals surface area contributed by atoms with Gasteiger partial charge >= 0.3 is 0 Å². The van der Waals surface area contributed by atoms with Gasteiger partial charge in [-0.2, -0.15) is 0 Å². The molecule has 3 aliphatic rings. The van der Waals surface area contributed by atoms with Crippen LogP contribution in [-0.4, -0.2) is 23.1 Å². The highest BCUT2D eigenvalue weighted by Crippen LogP contribution is 2.46. The highest BCUT2D eigenvalue weighted by molar-refractivity contribution is 6.18. The molecule has 5 atom stereocenters. The summed E-state index contributed by atoms with van der Waals surface area (Å²) in [5.74, 6) is 3.54. The molecule has 52 heavy (non-hydrogen) atoms. The molecule has 0 spiro atoms. The van der Waals surface area contributed by atoms with Crippen molar-refractivity contribution in [1.29, 1.82) is 0 Å². The van der Waals surface area contributed by atoms with Gasteiger partial charge in [0.15, 0.2) is 23.1 Å². The average Bonchev–Trinajstić information content (AvgIpc) is 3.46. The predicted molar refractivity (Wildman–Crippen MR) is 218 cm³/mol. The molecule has 1 saturated carbocycles. The van der Waals surface area contributed by atoms with Gasteiger partial charge in [0.05, 0.1) is 5.92 Å². The summed E-state index contributed by atoms with van der Waals surface area (Å²) in [4.78, 5) is 47.6. The molecule has 0 aromatic rings. The molecule has 3 rings (SSSR count). The lowest BCUT2D eigenvalue weighted by Crippen LogP contribution is -2.32. The van der Waals surface area contributed by atoms with E-state index in [4.69, 9.17) is 0 Å². The summed E-state index contributed by atoms with van der Waals surface area (Å²) in [6, 6.07) is 0. The number of hydrogen-bond donors (Lipinski definition) is 0. The summed E-state index contributed by atoms with van der Waals surface area (Å²) in [6.07, 6.45) is 46.9. The molecule has 0 bridgehead atoms. The van der Waals surface area contributed by atoms with Gasteiger partial charge in [-0.15, -0.1) is 0 Å². The predicted octanol–water partition coefficient (Wildman–Crippen LogP) is 13.6. The van der Waals surface area contributed by atoms with Crippen LogP contribution in [0.1, 0.15) is 219 Å². The summed E-state index contributed by atoms with van der Waals surface area (Å²) >= 11 is 0. The van der Waals surface area contributed by atoms with Gasteiger partial charge in [-0.1, -0.05) is 187 Å². The second-order valence-electron chi connectivity index (χ2n) is 17.5. The number of allylic oxidation sites excluding steroid dienone is 4. The van der Waals surface area contributed by atoms with Crippen molar-refractivity contribution in [3.8, 4) is 0 Å². The van der Waals surface area contributed by atoms with Gasteiger partial charge in [0.1, 0.15) is 0 Å². The van der Waals surface area contributed by atoms with E-state index in [1.54, 1.807) is 0 Å². The molecule has 0 aromatic heterocycles. The van der Waals surface area contributed by atoms with E-state index < -0.39 is 0 Å². The Morgan fingerprint density at radius 1 is 0.385 bits per heavy atom. The summed E-state index contributed by atoms with van der Waals surface area (Å²) in [5, 5.41) is 0. The topological polar surface area (TPSA) is 68.3 Å². The molecule has 0 N–H and O–H groups in total. The van der Waals surface area contributed by atoms with Crippen LogP contribution < -0.4 is 0 Å². The first-order valence-corrected chi connectivity index (χ1v) is 22.9. The largest absolute Gasteiger partial charge is 0.295 e. The van der Waals surface area contributed by atoms with Crippen molar-refractivity contribution in [2.75, 3.05) is 0 Å². The second-order valence-corrected chi connectivity index (χ2v) is 17.5. The monoisotopic (exact) mass is 721 g/mol. The van der Waals surface area contributed by atoms with E-state index in [1.807, 2.05) is 0 Å². The molecule has 1 fully saturated rings. The first-order chi connectivity index (χ1) is 25.4. The van der Waals surface area contributed by atoms with E-state index in [0.717, 1.165) is 55.8 Å². The van der Waals surface area contributed by atoms with E-state index in [9.17, 15) is 19.2 Å². The van der Waals surface area contributed by atoms with Crippen LogP contribution >= 0.6 is 0 Å². The fourth-order valence-electron chi connectivity index (χ4n) is 9.91. The van der Waals surface area contributed by atoms with Crippen molar-refractivity contribution in [2.45, 2.75) is 219 Å². The molecule has 0 radical (unpaired) electrons. The highest BCUT2D eigenvalue weighted by Gasteiger charge is 2.36. The Hall–Kier alpha value is -1.84. The fraction of sp³-hybridized carbons (Fsp3) is 0.833. The first-order valence-electron chi connectivity index (χ1n) is 22.9. The Bertz CT molecular complexity index is 1050. The van der Waals surface area contributed by atoms with Gasteiger partial charge in [0, 0.05) is 12.3 Å². The second kappa shape index (κ2) is 27.7. The Morgan fingerprint density at radius 2 is 0.712 bits per heavy atom. The third-order valence-corrected chi connectivity index (χ3v) is 13.2. The lowest BCUT2D eigenvalue weighted by atomic mass is 9.63. The van der Waals surface area contributed by atoms with Gasteiger partial charge in [-0.3, -0.25) is 19.2 Å². The minimum Gasteiger partial charge on any atom is -0.295 e. The minimum absolute atomic E-state index is 0.0156. The van der Waals surface area contributed by atoms with Crippen LogP contribution in [0.4, 0.5) is 0 Å². The Labute approximate surface area is 320 Å². The quantitative estimate of drug-likeness (QED) is 0.0528. The van der Waals surface area contributed by atoms with Gasteiger partial charge in [-0.25, -0.2) is 0 Å². The lowest BCUT2D eigenvalue weighted by molar-refractivity contribution is -0.126. The van der Waals surface area contributed by atoms with Crippen LogP contribution in [0.3, 0.4) is 0 Å². The smallest absolute Gasteiger partial charge is 0.166 e. The molecular formula is C48H80O4. The number of carbonyl (C=O) groups excluding carboxylic acids is 4. The van der Waals surface area contributed by atoms with Crippen molar-refractivity contribution >= 4 is 23.1 Å². The van der Waals surface area contributed by atoms with Crippen LogP contribution in [0, 0.1) is 35.5 Å². The van der Waals surface area contributed by atoms with Gasteiger partial charge < -0.3 is 0 Å². The van der Waals surface area contributed by atoms with Crippen LogP contribution in [0.15, 0.2) is 24.3 Å². The van der Waals surface area contributed by atoms with Gasteiger partial charge in [0.2, 0.25) is 0 Å². The van der Waals surface area contributed by atoms with E-state index in [0.29, 0.717) is 6.42 Å². The van der Waals surface area contributed by atoms with Crippen molar-refractivity contribution in [3.63, 3.8) is 0 Å². The average molecular weight is 721 g/mol. The number of carbonyl (C=O) groups is 4. The summed E-state index contributed by atoms with van der Waals surface area (Å²) in [7, 11) is 0. The molecule has 0 aromatic carbocycles. The molecule has 4 heteroatoms. The molecule has 0 amide bonds. The summed E-state index contributed by atoms with van der Waals surface area (Å²) < 4.78 is 0. The van der Waals surface area contributed by atoms with E-state index in [-0.39, 0.29) is 35.0 Å². The van der Waals surface area contributed by atoms with Crippen LogP contribution in [-0.2, 0) is 19.2 Å². The molecule has 4 nitrogen and oxygen atoms in total. The maximum Gasteiger partial charge on any atom is 0.166 e. The normalized spacial score (nSPS) is 23.8. The Kier molecular flexibility index (Phi) is 23.7. The van der Waals surface area contributed by atoms with Crippen molar-refractivity contribution in [3.05, 3.63) is 24.3 Å². The molecule has 4 unspecified atom stereocenters. The van der Waals surface area contributed by atoms with E-state index in [1.165, 1.54) is 191 Å². The molecule has 0 saturated heterocycles. The van der Waals surface area contributed by atoms with Crippen LogP contribution in [0.2, 0.25) is 0 Å². The zero-order chi connectivity index (χ0) is 37.2. The maximum atomic E-state index is 12.1. The molecular weight excluding hydrogens is 641 g/mol. The Balaban J connectivity index is 1.43. The summed E-state index contributed by atoms with van der Waals surface area (Å²) in [6.45, 7) is 4.64. The lowest BCUT2D eigenvalue weighted by Gasteiger charge is -2.42. The Morgan fingerprint density at radius 3 is 1.12 bits per heavy atom. The van der Waals surface area contributed by atoms with E-state index in [2.05, 4.69) is 13.8 Å². The standard InChI is InChI=1S/C48H80O4/c1-3-5-7-9-15-21-27-40-37-42(28-22-16-10-11-18-24-30-43-38-44(49)32-33-46(43)50)41(36-39(40)26-20-14-8-6-4-2)29-23-17-12-13-19-25-31-45-47(51)34-35-48(45)52/h32-35,39-43,45H,3-31,36-38H2,1-2H3/t39?,40?,41-,42?,43?/m1/s1. The van der Waals surface area contributed by atoms with Crippen molar-refractivity contribution in [2.24, 2.45) is 35.5 Å². The highest BCUT2D eigenvalue weighted by atomic mass is 16.2. The molecule has 0 heterocycles. The van der Waals surface area contributed by atoms with Crippen LogP contribution in [0.25, 0.3) is 0 Å². The zero-order valence-electron chi connectivity index (χ0n) is 34.0. The maximum absolute atomic E-state index is 12.1. The minimum atomic E-state index is -0.378. The van der Waals surface area contributed by atoms with Crippen molar-refractivity contribution < 1.29 is 19.2 Å².